The summed E-state index contributed by atoms with van der Waals surface area (Å²) in [6, 6.07) is 4.19. The van der Waals surface area contributed by atoms with Crippen molar-refractivity contribution >= 4 is 21.4 Å². The van der Waals surface area contributed by atoms with Gasteiger partial charge in [0.1, 0.15) is 5.75 Å². The molecule has 2 rings (SSSR count). The molecule has 1 aromatic carbocycles. The smallest absolute Gasteiger partial charge is 0.122 e. The number of aryl methyl sites for hydroxylation is 2. The summed E-state index contributed by atoms with van der Waals surface area (Å²) < 4.78 is 6.69. The quantitative estimate of drug-likeness (QED) is 0.726. The van der Waals surface area contributed by atoms with Gasteiger partial charge in [-0.2, -0.15) is 0 Å². The minimum absolute atomic E-state index is 0.991. The molecule has 2 heteroatoms. The van der Waals surface area contributed by atoms with Crippen molar-refractivity contribution in [2.75, 3.05) is 7.11 Å². The highest BCUT2D eigenvalue weighted by molar-refractivity contribution is 7.17. The van der Waals surface area contributed by atoms with Gasteiger partial charge in [-0.3, -0.25) is 0 Å². The van der Waals surface area contributed by atoms with Crippen molar-refractivity contribution in [1.29, 1.82) is 0 Å². The first kappa shape index (κ1) is 9.53. The van der Waals surface area contributed by atoms with Crippen LogP contribution in [0, 0.1) is 6.92 Å². The Kier molecular flexibility index (Phi) is 2.46. The lowest BCUT2D eigenvalue weighted by Gasteiger charge is -2.06. The third kappa shape index (κ3) is 1.30. The number of rotatable bonds is 2. The van der Waals surface area contributed by atoms with Gasteiger partial charge in [0, 0.05) is 10.1 Å². The average molecular weight is 206 g/mol. The van der Waals surface area contributed by atoms with E-state index in [4.69, 9.17) is 4.74 Å². The monoisotopic (exact) mass is 206 g/mol. The van der Waals surface area contributed by atoms with Gasteiger partial charge < -0.3 is 4.74 Å². The summed E-state index contributed by atoms with van der Waals surface area (Å²) in [6.45, 7) is 4.33. The molecule has 0 aliphatic carbocycles. The van der Waals surface area contributed by atoms with Gasteiger partial charge in [0.05, 0.1) is 7.11 Å². The second-order valence-corrected chi connectivity index (χ2v) is 4.29. The fourth-order valence-corrected chi connectivity index (χ4v) is 2.94. The van der Waals surface area contributed by atoms with Crippen LogP contribution in [-0.2, 0) is 6.42 Å². The van der Waals surface area contributed by atoms with Gasteiger partial charge >= 0.3 is 0 Å². The first-order valence-corrected chi connectivity index (χ1v) is 5.69. The molecule has 0 amide bonds. The Bertz CT molecular complexity index is 457. The molecule has 0 saturated heterocycles. The van der Waals surface area contributed by atoms with E-state index in [9.17, 15) is 0 Å². The molecule has 0 saturated carbocycles. The Hall–Kier alpha value is -1.02. The molecule has 74 valence electrons. The highest BCUT2D eigenvalue weighted by Gasteiger charge is 2.08. The van der Waals surface area contributed by atoms with E-state index >= 15 is 0 Å². The molecular formula is C12H14OS. The van der Waals surface area contributed by atoms with Gasteiger partial charge in [0.2, 0.25) is 0 Å². The second-order valence-electron chi connectivity index (χ2n) is 3.38. The van der Waals surface area contributed by atoms with E-state index in [2.05, 4.69) is 25.3 Å². The molecule has 0 spiro atoms. The van der Waals surface area contributed by atoms with Crippen LogP contribution in [0.15, 0.2) is 17.5 Å². The predicted octanol–water partition coefficient (Wildman–Crippen LogP) is 3.78. The third-order valence-electron chi connectivity index (χ3n) is 2.63. The van der Waals surface area contributed by atoms with Crippen LogP contribution in [0.1, 0.15) is 18.1 Å². The van der Waals surface area contributed by atoms with Crippen LogP contribution in [0.2, 0.25) is 0 Å². The Morgan fingerprint density at radius 1 is 1.36 bits per heavy atom. The predicted molar refractivity (Wildman–Crippen MR) is 62.5 cm³/mol. The zero-order chi connectivity index (χ0) is 10.1. The van der Waals surface area contributed by atoms with Gasteiger partial charge in [0.15, 0.2) is 0 Å². The SMILES string of the molecule is CCc1csc2ccc(OC)c(C)c12. The van der Waals surface area contributed by atoms with Crippen LogP contribution in [0.4, 0.5) is 0 Å². The maximum atomic E-state index is 5.33. The maximum Gasteiger partial charge on any atom is 0.122 e. The standard InChI is InChI=1S/C12H14OS/c1-4-9-7-14-11-6-5-10(13-3)8(2)12(9)11/h5-7H,4H2,1-3H3. The molecule has 0 atom stereocenters. The van der Waals surface area contributed by atoms with Crippen LogP contribution >= 0.6 is 11.3 Å². The highest BCUT2D eigenvalue weighted by Crippen LogP contribution is 2.34. The molecule has 1 nitrogen and oxygen atoms in total. The summed E-state index contributed by atoms with van der Waals surface area (Å²) in [5.74, 6) is 0.991. The summed E-state index contributed by atoms with van der Waals surface area (Å²) in [6.07, 6.45) is 1.09. The molecule has 0 radical (unpaired) electrons. The largest absolute Gasteiger partial charge is 0.496 e. The number of fused-ring (bicyclic) bond motifs is 1. The molecule has 0 unspecified atom stereocenters. The fraction of sp³-hybridized carbons (Fsp3) is 0.333. The van der Waals surface area contributed by atoms with E-state index in [1.54, 1.807) is 7.11 Å². The van der Waals surface area contributed by atoms with E-state index in [-0.39, 0.29) is 0 Å². The molecule has 0 bridgehead atoms. The molecule has 14 heavy (non-hydrogen) atoms. The Labute approximate surface area is 88.3 Å². The van der Waals surface area contributed by atoms with Crippen molar-refractivity contribution in [3.63, 3.8) is 0 Å². The lowest BCUT2D eigenvalue weighted by molar-refractivity contribution is 0.412. The third-order valence-corrected chi connectivity index (χ3v) is 3.62. The Morgan fingerprint density at radius 2 is 2.14 bits per heavy atom. The van der Waals surface area contributed by atoms with Gasteiger partial charge in [0.25, 0.3) is 0 Å². The first-order valence-electron chi connectivity index (χ1n) is 4.81. The van der Waals surface area contributed by atoms with Gasteiger partial charge in [-0.25, -0.2) is 0 Å². The molecule has 1 aromatic heterocycles. The Balaban J connectivity index is 2.77. The highest BCUT2D eigenvalue weighted by atomic mass is 32.1. The summed E-state index contributed by atoms with van der Waals surface area (Å²) in [5.41, 5.74) is 2.70. The van der Waals surface area contributed by atoms with Crippen molar-refractivity contribution in [2.24, 2.45) is 0 Å². The molecule has 0 aliphatic heterocycles. The van der Waals surface area contributed by atoms with E-state index in [0.717, 1.165) is 12.2 Å². The summed E-state index contributed by atoms with van der Waals surface area (Å²) >= 11 is 1.82. The minimum Gasteiger partial charge on any atom is -0.496 e. The van der Waals surface area contributed by atoms with Crippen LogP contribution < -0.4 is 4.74 Å². The molecule has 0 N–H and O–H groups in total. The number of benzene rings is 1. The molecule has 0 aliphatic rings. The van der Waals surface area contributed by atoms with Gasteiger partial charge in [-0.1, -0.05) is 6.92 Å². The van der Waals surface area contributed by atoms with E-state index in [1.807, 2.05) is 17.4 Å². The van der Waals surface area contributed by atoms with E-state index in [0.29, 0.717) is 0 Å². The second kappa shape index (κ2) is 3.62. The normalized spacial score (nSPS) is 10.8. The molecule has 0 fully saturated rings. The summed E-state index contributed by atoms with van der Waals surface area (Å²) in [4.78, 5) is 0. The zero-order valence-corrected chi connectivity index (χ0v) is 9.57. The van der Waals surface area contributed by atoms with Crippen molar-refractivity contribution in [3.8, 4) is 5.75 Å². The van der Waals surface area contributed by atoms with Crippen molar-refractivity contribution < 1.29 is 4.74 Å². The minimum atomic E-state index is 0.991. The molecule has 1 heterocycles. The lowest BCUT2D eigenvalue weighted by atomic mass is 10.1. The van der Waals surface area contributed by atoms with Crippen molar-refractivity contribution in [1.82, 2.24) is 0 Å². The number of hydrogen-bond acceptors (Lipinski definition) is 2. The van der Waals surface area contributed by atoms with Gasteiger partial charge in [-0.05, 0) is 42.0 Å². The van der Waals surface area contributed by atoms with Crippen molar-refractivity contribution in [3.05, 3.63) is 28.6 Å². The van der Waals surface area contributed by atoms with Gasteiger partial charge in [-0.15, -0.1) is 11.3 Å². The first-order chi connectivity index (χ1) is 6.77. The van der Waals surface area contributed by atoms with Crippen LogP contribution in [-0.4, -0.2) is 7.11 Å². The molecule has 2 aromatic rings. The number of ether oxygens (including phenoxy) is 1. The van der Waals surface area contributed by atoms with Crippen LogP contribution in [0.5, 0.6) is 5.75 Å². The zero-order valence-electron chi connectivity index (χ0n) is 8.76. The maximum absolute atomic E-state index is 5.33. The summed E-state index contributed by atoms with van der Waals surface area (Å²) in [7, 11) is 1.73. The number of hydrogen-bond donors (Lipinski definition) is 0. The van der Waals surface area contributed by atoms with Crippen LogP contribution in [0.3, 0.4) is 0 Å². The van der Waals surface area contributed by atoms with Crippen LogP contribution in [0.25, 0.3) is 10.1 Å². The van der Waals surface area contributed by atoms with E-state index in [1.165, 1.54) is 21.2 Å². The molecular weight excluding hydrogens is 192 g/mol. The average Bonchev–Trinajstić information content (AvgIpc) is 2.62. The van der Waals surface area contributed by atoms with E-state index < -0.39 is 0 Å². The van der Waals surface area contributed by atoms with Crippen molar-refractivity contribution in [2.45, 2.75) is 20.3 Å². The number of methoxy groups -OCH3 is 1. The lowest BCUT2D eigenvalue weighted by Crippen LogP contribution is -1.88. The number of thiophene rings is 1. The topological polar surface area (TPSA) is 9.23 Å². The summed E-state index contributed by atoms with van der Waals surface area (Å²) in [5, 5.41) is 3.63. The Morgan fingerprint density at radius 3 is 2.79 bits per heavy atom. The fourth-order valence-electron chi connectivity index (χ4n) is 1.84.